The summed E-state index contributed by atoms with van der Waals surface area (Å²) in [7, 11) is 0. The van der Waals surface area contributed by atoms with Gasteiger partial charge in [-0.1, -0.05) is 30.3 Å². The maximum absolute atomic E-state index is 12.2. The lowest BCUT2D eigenvalue weighted by atomic mass is 10.2. The zero-order valence-corrected chi connectivity index (χ0v) is 16.3. The summed E-state index contributed by atoms with van der Waals surface area (Å²) in [5, 5.41) is 17.2. The van der Waals surface area contributed by atoms with Crippen molar-refractivity contribution in [1.29, 1.82) is 0 Å². The first-order valence-electron chi connectivity index (χ1n) is 9.23. The summed E-state index contributed by atoms with van der Waals surface area (Å²) in [4.78, 5) is 34.3. The number of nitrogens with one attached hydrogen (secondary N) is 2. The highest BCUT2D eigenvalue weighted by Gasteiger charge is 2.06. The smallest absolute Gasteiger partial charge is 0.271 e. The van der Waals surface area contributed by atoms with Crippen LogP contribution in [0.3, 0.4) is 0 Å². The summed E-state index contributed by atoms with van der Waals surface area (Å²) in [6, 6.07) is 21.6. The van der Waals surface area contributed by atoms with Gasteiger partial charge in [0.25, 0.3) is 11.6 Å². The van der Waals surface area contributed by atoms with Crippen LogP contribution in [-0.2, 0) is 4.79 Å². The number of nitro benzene ring substituents is 1. The van der Waals surface area contributed by atoms with Gasteiger partial charge in [-0.05, 0) is 53.6 Å². The van der Waals surface area contributed by atoms with E-state index in [0.29, 0.717) is 16.8 Å². The van der Waals surface area contributed by atoms with Gasteiger partial charge in [0.1, 0.15) is 0 Å². The van der Waals surface area contributed by atoms with E-state index in [1.807, 2.05) is 30.3 Å². The van der Waals surface area contributed by atoms with Gasteiger partial charge in [-0.25, -0.2) is 5.43 Å². The molecule has 0 unspecified atom stereocenters. The second-order valence-electron chi connectivity index (χ2n) is 6.36. The van der Waals surface area contributed by atoms with Crippen molar-refractivity contribution in [3.63, 3.8) is 0 Å². The molecule has 0 aliphatic rings. The first-order valence-corrected chi connectivity index (χ1v) is 9.23. The lowest BCUT2D eigenvalue weighted by Crippen LogP contribution is -2.17. The Balaban J connectivity index is 1.51. The molecule has 3 rings (SSSR count). The van der Waals surface area contributed by atoms with E-state index in [1.54, 1.807) is 30.3 Å². The molecule has 0 aliphatic carbocycles. The molecule has 0 heterocycles. The lowest BCUT2D eigenvalue weighted by Gasteiger charge is -2.04. The molecule has 154 valence electrons. The van der Waals surface area contributed by atoms with Crippen molar-refractivity contribution in [2.75, 3.05) is 5.32 Å². The van der Waals surface area contributed by atoms with Gasteiger partial charge in [0, 0.05) is 29.5 Å². The molecular weight excluding hydrogens is 396 g/mol. The number of nitrogens with zero attached hydrogens (tertiary/aromatic N) is 2. The molecule has 0 atom stereocenters. The third-order valence-electron chi connectivity index (χ3n) is 4.12. The first kappa shape index (κ1) is 21.1. The summed E-state index contributed by atoms with van der Waals surface area (Å²) in [6.45, 7) is 0. The molecular formula is C23H18N4O4. The van der Waals surface area contributed by atoms with Crippen LogP contribution in [0.4, 0.5) is 11.4 Å². The van der Waals surface area contributed by atoms with Crippen LogP contribution in [0, 0.1) is 10.1 Å². The van der Waals surface area contributed by atoms with E-state index in [2.05, 4.69) is 15.8 Å². The minimum absolute atomic E-state index is 0.0241. The third kappa shape index (κ3) is 6.47. The Morgan fingerprint density at radius 1 is 0.871 bits per heavy atom. The molecule has 0 saturated carbocycles. The second-order valence-corrected chi connectivity index (χ2v) is 6.36. The van der Waals surface area contributed by atoms with Crippen molar-refractivity contribution < 1.29 is 14.5 Å². The van der Waals surface area contributed by atoms with Crippen molar-refractivity contribution in [2.45, 2.75) is 0 Å². The second kappa shape index (κ2) is 10.3. The summed E-state index contributed by atoms with van der Waals surface area (Å²) in [5.41, 5.74) is 4.79. The van der Waals surface area contributed by atoms with E-state index < -0.39 is 10.8 Å². The Hall–Kier alpha value is -4.59. The summed E-state index contributed by atoms with van der Waals surface area (Å²) in [6.07, 6.45) is 4.53. The van der Waals surface area contributed by atoms with Gasteiger partial charge in [-0.2, -0.15) is 5.10 Å². The third-order valence-corrected chi connectivity index (χ3v) is 4.12. The molecule has 0 spiro atoms. The molecule has 0 aromatic heterocycles. The van der Waals surface area contributed by atoms with Gasteiger partial charge >= 0.3 is 0 Å². The minimum atomic E-state index is -0.492. The van der Waals surface area contributed by atoms with Crippen LogP contribution in [0.25, 0.3) is 6.08 Å². The Morgan fingerprint density at radius 2 is 1.55 bits per heavy atom. The molecule has 0 bridgehead atoms. The predicted molar refractivity (Wildman–Crippen MR) is 119 cm³/mol. The van der Waals surface area contributed by atoms with Gasteiger partial charge in [0.05, 0.1) is 11.1 Å². The number of rotatable bonds is 7. The standard InChI is InChI=1S/C23H18N4O4/c28-22(15-8-17-4-2-1-3-5-17)25-20-11-9-19(10-12-20)23(29)26-24-16-18-6-13-21(14-7-18)27(30)31/h1-16H,(H,25,28)(H,26,29)/b15-8+,24-16-. The van der Waals surface area contributed by atoms with E-state index >= 15 is 0 Å². The molecule has 8 nitrogen and oxygen atoms in total. The zero-order chi connectivity index (χ0) is 22.1. The van der Waals surface area contributed by atoms with Crippen molar-refractivity contribution in [3.8, 4) is 0 Å². The van der Waals surface area contributed by atoms with E-state index in [1.165, 1.54) is 36.6 Å². The maximum atomic E-state index is 12.2. The molecule has 0 fully saturated rings. The van der Waals surface area contributed by atoms with Gasteiger partial charge in [-0.15, -0.1) is 0 Å². The van der Waals surface area contributed by atoms with Gasteiger partial charge < -0.3 is 5.32 Å². The topological polar surface area (TPSA) is 114 Å². The van der Waals surface area contributed by atoms with Crippen LogP contribution in [0.2, 0.25) is 0 Å². The Bertz CT molecular complexity index is 1120. The van der Waals surface area contributed by atoms with Crippen LogP contribution in [0.15, 0.2) is 90.0 Å². The number of benzene rings is 3. The maximum Gasteiger partial charge on any atom is 0.271 e. The first-order chi connectivity index (χ1) is 15.0. The van der Waals surface area contributed by atoms with Crippen LogP contribution >= 0.6 is 0 Å². The molecule has 0 radical (unpaired) electrons. The fraction of sp³-hybridized carbons (Fsp3) is 0. The highest BCUT2D eigenvalue weighted by molar-refractivity contribution is 6.02. The van der Waals surface area contributed by atoms with E-state index in [9.17, 15) is 19.7 Å². The predicted octanol–water partition coefficient (Wildman–Crippen LogP) is 4.01. The minimum Gasteiger partial charge on any atom is -0.323 e. The highest BCUT2D eigenvalue weighted by atomic mass is 16.6. The Morgan fingerprint density at radius 3 is 2.19 bits per heavy atom. The van der Waals surface area contributed by atoms with Crippen LogP contribution in [0.5, 0.6) is 0 Å². The van der Waals surface area contributed by atoms with Gasteiger partial charge in [0.15, 0.2) is 0 Å². The number of non-ortho nitro benzene ring substituents is 1. The molecule has 3 aromatic rings. The number of hydrazone groups is 1. The van der Waals surface area contributed by atoms with Gasteiger partial charge in [0.2, 0.25) is 5.91 Å². The molecule has 0 saturated heterocycles. The number of hydrogen-bond donors (Lipinski definition) is 2. The SMILES string of the molecule is O=C(/C=C/c1ccccc1)Nc1ccc(C(=O)N/N=C\c2ccc([N+](=O)[O-])cc2)cc1. The van der Waals surface area contributed by atoms with Crippen molar-refractivity contribution >= 4 is 35.5 Å². The fourth-order valence-electron chi connectivity index (χ4n) is 2.54. The Kier molecular flexibility index (Phi) is 6.99. The van der Waals surface area contributed by atoms with E-state index in [0.717, 1.165) is 5.56 Å². The summed E-state index contributed by atoms with van der Waals surface area (Å²) < 4.78 is 0. The van der Waals surface area contributed by atoms with E-state index in [-0.39, 0.29) is 11.6 Å². The average molecular weight is 414 g/mol. The molecule has 2 N–H and O–H groups in total. The Labute approximate surface area is 178 Å². The fourth-order valence-corrected chi connectivity index (χ4v) is 2.54. The number of anilines is 1. The number of amides is 2. The van der Waals surface area contributed by atoms with Crippen molar-refractivity contribution in [3.05, 3.63) is 112 Å². The molecule has 0 aliphatic heterocycles. The quantitative estimate of drug-likeness (QED) is 0.263. The molecule has 8 heteroatoms. The van der Waals surface area contributed by atoms with Crippen molar-refractivity contribution in [2.24, 2.45) is 5.10 Å². The van der Waals surface area contributed by atoms with Crippen molar-refractivity contribution in [1.82, 2.24) is 5.43 Å². The largest absolute Gasteiger partial charge is 0.323 e. The van der Waals surface area contributed by atoms with E-state index in [4.69, 9.17) is 0 Å². The highest BCUT2D eigenvalue weighted by Crippen LogP contribution is 2.11. The lowest BCUT2D eigenvalue weighted by molar-refractivity contribution is -0.384. The molecule has 2 amide bonds. The zero-order valence-electron chi connectivity index (χ0n) is 16.3. The number of hydrogen-bond acceptors (Lipinski definition) is 5. The summed E-state index contributed by atoms with van der Waals surface area (Å²) >= 11 is 0. The average Bonchev–Trinajstić information content (AvgIpc) is 2.79. The molecule has 3 aromatic carbocycles. The summed E-state index contributed by atoms with van der Waals surface area (Å²) in [5.74, 6) is -0.714. The van der Waals surface area contributed by atoms with Gasteiger partial charge in [-0.3, -0.25) is 19.7 Å². The molecule has 31 heavy (non-hydrogen) atoms. The van der Waals surface area contributed by atoms with Crippen LogP contribution in [-0.4, -0.2) is 23.0 Å². The number of carbonyl (C=O) groups is 2. The number of nitro groups is 1. The normalized spacial score (nSPS) is 10.8. The van der Waals surface area contributed by atoms with Crippen LogP contribution < -0.4 is 10.7 Å². The monoisotopic (exact) mass is 414 g/mol. The number of carbonyl (C=O) groups excluding carboxylic acids is 2. The van der Waals surface area contributed by atoms with Crippen LogP contribution in [0.1, 0.15) is 21.5 Å².